The van der Waals surface area contributed by atoms with Crippen molar-refractivity contribution in [1.82, 2.24) is 39.5 Å². The Morgan fingerprint density at radius 1 is 0.547 bits per heavy atom. The Bertz CT molecular complexity index is 2450. The van der Waals surface area contributed by atoms with Crippen LogP contribution in [0.25, 0.3) is 33.2 Å². The van der Waals surface area contributed by atoms with Crippen LogP contribution in [0.4, 0.5) is 19.2 Å². The molecule has 2 aliphatic heterocycles. The van der Waals surface area contributed by atoms with Gasteiger partial charge in [0.15, 0.2) is 0 Å². The molecule has 2 aromatic heterocycles. The maximum Gasteiger partial charge on any atom is 0.410 e. The van der Waals surface area contributed by atoms with Crippen molar-refractivity contribution in [2.24, 2.45) is 0 Å². The normalized spacial score (nSPS) is 17.1. The fourth-order valence-corrected chi connectivity index (χ4v) is 7.79. The second-order valence-corrected chi connectivity index (χ2v) is 18.1. The van der Waals surface area contributed by atoms with Crippen molar-refractivity contribution < 1.29 is 38.1 Å². The Hall–Kier alpha value is -7.10. The monoisotopic (exact) mass is 870 g/mol. The summed E-state index contributed by atoms with van der Waals surface area (Å²) in [6, 6.07) is 29.4. The van der Waals surface area contributed by atoms with E-state index in [0.717, 1.165) is 33.3 Å². The van der Waals surface area contributed by atoms with Gasteiger partial charge in [-0.15, -0.1) is 0 Å². The van der Waals surface area contributed by atoms with Gasteiger partial charge in [-0.2, -0.15) is 0 Å². The highest BCUT2D eigenvalue weighted by molar-refractivity contribution is 5.87. The van der Waals surface area contributed by atoms with Gasteiger partial charge in [-0.3, -0.25) is 9.80 Å². The summed E-state index contributed by atoms with van der Waals surface area (Å²) in [5.74, 6) is 1.01. The molecule has 2 aliphatic rings. The van der Waals surface area contributed by atoms with E-state index in [9.17, 15) is 19.2 Å². The number of hydrogen-bond donors (Lipinski definition) is 2. The summed E-state index contributed by atoms with van der Waals surface area (Å²) in [5, 5.41) is 0. The Kier molecular flexibility index (Phi) is 12.2. The summed E-state index contributed by atoms with van der Waals surface area (Å²) < 4.78 is 22.9. The predicted octanol–water partition coefficient (Wildman–Crippen LogP) is 8.97. The first kappa shape index (κ1) is 43.5. The van der Waals surface area contributed by atoms with Gasteiger partial charge in [0.25, 0.3) is 0 Å². The number of rotatable bonds is 7. The molecular formula is C48H54N8O8. The molecule has 2 N–H and O–H groups in total. The van der Waals surface area contributed by atoms with Gasteiger partial charge in [0.05, 0.1) is 35.2 Å². The number of fused-ring (bicyclic) bond motifs is 2. The van der Waals surface area contributed by atoms with Crippen LogP contribution in [-0.4, -0.2) is 114 Å². The number of H-pyrrole nitrogens is 2. The number of imidazole rings is 2. The number of piperazine rings is 2. The van der Waals surface area contributed by atoms with Crippen molar-refractivity contribution in [3.05, 3.63) is 120 Å². The zero-order valence-electron chi connectivity index (χ0n) is 37.0. The highest BCUT2D eigenvalue weighted by Crippen LogP contribution is 2.33. The van der Waals surface area contributed by atoms with Gasteiger partial charge in [-0.05, 0) is 88.1 Å². The number of hydrogen-bond acceptors (Lipinski definition) is 10. The second kappa shape index (κ2) is 17.9. The molecule has 334 valence electrons. The Balaban J connectivity index is 1.05. The van der Waals surface area contributed by atoms with Gasteiger partial charge < -0.3 is 38.7 Å². The summed E-state index contributed by atoms with van der Waals surface area (Å²) in [6.07, 6.45) is -1.96. The van der Waals surface area contributed by atoms with Crippen molar-refractivity contribution in [3.63, 3.8) is 0 Å². The van der Waals surface area contributed by atoms with Crippen LogP contribution < -0.4 is 0 Å². The van der Waals surface area contributed by atoms with Gasteiger partial charge in [0.2, 0.25) is 0 Å². The minimum atomic E-state index is -0.690. The zero-order chi connectivity index (χ0) is 45.2. The maximum absolute atomic E-state index is 13.6. The number of carbonyl (C=O) groups excluding carboxylic acids is 4. The smallest absolute Gasteiger partial charge is 0.410 e. The van der Waals surface area contributed by atoms with Gasteiger partial charge in [0.1, 0.15) is 48.1 Å². The van der Waals surface area contributed by atoms with Gasteiger partial charge in [-0.25, -0.2) is 29.1 Å². The third-order valence-electron chi connectivity index (χ3n) is 10.9. The van der Waals surface area contributed by atoms with Crippen molar-refractivity contribution >= 4 is 46.4 Å². The van der Waals surface area contributed by atoms with Crippen molar-refractivity contribution in [3.8, 4) is 11.1 Å². The van der Waals surface area contributed by atoms with Crippen LogP contribution in [0.15, 0.2) is 97.1 Å². The van der Waals surface area contributed by atoms with Crippen LogP contribution in [0.2, 0.25) is 0 Å². The Morgan fingerprint density at radius 3 is 1.31 bits per heavy atom. The molecule has 64 heavy (non-hydrogen) atoms. The van der Waals surface area contributed by atoms with E-state index in [2.05, 4.69) is 9.97 Å². The zero-order valence-corrected chi connectivity index (χ0v) is 37.0. The number of nitrogens with zero attached hydrogens (tertiary/aromatic N) is 6. The molecule has 4 amide bonds. The van der Waals surface area contributed by atoms with Gasteiger partial charge in [-0.1, -0.05) is 72.8 Å². The van der Waals surface area contributed by atoms with E-state index in [-0.39, 0.29) is 52.5 Å². The van der Waals surface area contributed by atoms with E-state index in [1.807, 2.05) is 139 Å². The third-order valence-corrected chi connectivity index (χ3v) is 10.9. The molecule has 16 heteroatoms. The van der Waals surface area contributed by atoms with Crippen molar-refractivity contribution in [2.75, 3.05) is 39.3 Å². The van der Waals surface area contributed by atoms with E-state index >= 15 is 0 Å². The van der Waals surface area contributed by atoms with E-state index in [4.69, 9.17) is 28.9 Å². The van der Waals surface area contributed by atoms with Crippen molar-refractivity contribution in [2.45, 2.75) is 78.0 Å². The topological polar surface area (TPSA) is 176 Å². The lowest BCUT2D eigenvalue weighted by atomic mass is 10.0. The Labute approximate surface area is 371 Å². The Morgan fingerprint density at radius 2 is 0.938 bits per heavy atom. The molecule has 16 nitrogen and oxygen atoms in total. The highest BCUT2D eigenvalue weighted by Gasteiger charge is 2.39. The fraction of sp³-hybridized carbons (Fsp3) is 0.375. The quantitative estimate of drug-likeness (QED) is 0.147. The number of nitrogens with one attached hydrogen (secondary N) is 2. The fourth-order valence-electron chi connectivity index (χ4n) is 7.79. The SMILES string of the molecule is CC(C)(C)OC(=O)N1CCN(C(=O)OCc2ccccc2)[C@H](c2nc3ccc(-c4ccc5nc([C@@H]6CN(C(=O)OC(C)(C)C)CCN6C(=O)OCc6ccccc6)[nH]c5c4)cc3[nH]2)C1. The second-order valence-electron chi connectivity index (χ2n) is 18.1. The number of benzene rings is 4. The first-order valence-corrected chi connectivity index (χ1v) is 21.5. The van der Waals surface area contributed by atoms with Crippen LogP contribution in [0, 0.1) is 0 Å². The first-order chi connectivity index (χ1) is 30.6. The molecule has 0 spiro atoms. The number of aromatic amines is 2. The lowest BCUT2D eigenvalue weighted by Crippen LogP contribution is -2.53. The van der Waals surface area contributed by atoms with Crippen molar-refractivity contribution in [1.29, 1.82) is 0 Å². The molecule has 2 atom stereocenters. The predicted molar refractivity (Wildman–Crippen MR) is 239 cm³/mol. The molecule has 6 aromatic rings. The molecule has 0 bridgehead atoms. The van der Waals surface area contributed by atoms with Gasteiger partial charge >= 0.3 is 24.4 Å². The summed E-state index contributed by atoms with van der Waals surface area (Å²) in [5.41, 5.74) is 4.95. The summed E-state index contributed by atoms with van der Waals surface area (Å²) in [4.78, 5) is 76.8. The lowest BCUT2D eigenvalue weighted by molar-refractivity contribution is -0.000390. The molecule has 8 rings (SSSR count). The van der Waals surface area contributed by atoms with Crippen LogP contribution in [-0.2, 0) is 32.2 Å². The van der Waals surface area contributed by atoms with Crippen LogP contribution in [0.3, 0.4) is 0 Å². The molecular weight excluding hydrogens is 817 g/mol. The standard InChI is InChI=1S/C48H54N8O8/c1-47(2,3)63-43(57)53-21-23-55(45(59)61-29-31-13-9-7-10-14-31)39(27-53)41-49-35-19-17-33(25-37(35)51-41)34-18-20-36-38(26-34)52-42(50-36)40-28-54(44(58)64-48(4,5)6)22-24-56(40)46(60)62-30-32-15-11-8-12-16-32/h7-20,25-26,39-40H,21-24,27-30H2,1-6H3,(H,49,51)(H,50,52)/t39-,40-/m0/s1. The number of ether oxygens (including phenoxy) is 4. The lowest BCUT2D eigenvalue weighted by Gasteiger charge is -2.40. The first-order valence-electron chi connectivity index (χ1n) is 21.5. The minimum Gasteiger partial charge on any atom is -0.445 e. The molecule has 0 radical (unpaired) electrons. The minimum absolute atomic E-state index is 0.106. The molecule has 0 unspecified atom stereocenters. The average molecular weight is 871 g/mol. The number of aromatic nitrogens is 4. The third kappa shape index (κ3) is 10.2. The van der Waals surface area contributed by atoms with Gasteiger partial charge in [0, 0.05) is 26.2 Å². The largest absolute Gasteiger partial charge is 0.445 e. The average Bonchev–Trinajstić information content (AvgIpc) is 3.91. The molecule has 2 saturated heterocycles. The summed E-state index contributed by atoms with van der Waals surface area (Å²) >= 11 is 0. The molecule has 0 saturated carbocycles. The molecule has 0 aliphatic carbocycles. The van der Waals surface area contributed by atoms with Crippen LogP contribution >= 0.6 is 0 Å². The molecule has 4 aromatic carbocycles. The number of carbonyl (C=O) groups is 4. The van der Waals surface area contributed by atoms with E-state index in [0.29, 0.717) is 22.7 Å². The summed E-state index contributed by atoms with van der Waals surface area (Å²) in [6.45, 7) is 12.4. The van der Waals surface area contributed by atoms with Crippen LogP contribution in [0.5, 0.6) is 0 Å². The van der Waals surface area contributed by atoms with E-state index in [1.165, 1.54) is 0 Å². The molecule has 2 fully saturated rings. The van der Waals surface area contributed by atoms with Crippen LogP contribution in [0.1, 0.15) is 76.4 Å². The summed E-state index contributed by atoms with van der Waals surface area (Å²) in [7, 11) is 0. The number of amides is 4. The molecule has 4 heterocycles. The van der Waals surface area contributed by atoms with E-state index in [1.54, 1.807) is 19.6 Å². The highest BCUT2D eigenvalue weighted by atomic mass is 16.6. The maximum atomic E-state index is 13.6. The van der Waals surface area contributed by atoms with E-state index < -0.39 is 47.7 Å².